The molecule has 35 heavy (non-hydrogen) atoms. The lowest BCUT2D eigenvalue weighted by Gasteiger charge is -2.17. The number of rotatable bonds is 10. The largest absolute Gasteiger partial charge is 0.493 e. The van der Waals surface area contributed by atoms with Gasteiger partial charge in [-0.1, -0.05) is 42.5 Å². The summed E-state index contributed by atoms with van der Waals surface area (Å²) in [6.07, 6.45) is 0.818. The van der Waals surface area contributed by atoms with Gasteiger partial charge in [0.05, 0.1) is 23.7 Å². The van der Waals surface area contributed by atoms with Crippen molar-refractivity contribution in [3.8, 4) is 11.5 Å². The SMILES string of the molecule is Cc1ccc(C)c(OCC(=O)NC(C)c2nc3ccccc3n2CCCOc2ccccc2C)c1. The molecule has 0 aliphatic rings. The van der Waals surface area contributed by atoms with Crippen molar-refractivity contribution in [3.05, 3.63) is 89.2 Å². The Kier molecular flexibility index (Phi) is 7.70. The second-order valence-corrected chi connectivity index (χ2v) is 8.92. The summed E-state index contributed by atoms with van der Waals surface area (Å²) in [5.74, 6) is 2.28. The van der Waals surface area contributed by atoms with E-state index in [0.29, 0.717) is 6.61 Å². The average molecular weight is 472 g/mol. The van der Waals surface area contributed by atoms with Gasteiger partial charge in [-0.3, -0.25) is 4.79 Å². The van der Waals surface area contributed by atoms with Gasteiger partial charge in [-0.05, 0) is 75.1 Å². The third kappa shape index (κ3) is 6.01. The number of nitrogens with zero attached hydrogens (tertiary/aromatic N) is 2. The van der Waals surface area contributed by atoms with Crippen LogP contribution in [0.1, 0.15) is 41.9 Å². The highest BCUT2D eigenvalue weighted by Gasteiger charge is 2.19. The number of aromatic nitrogens is 2. The zero-order chi connectivity index (χ0) is 24.8. The average Bonchev–Trinajstić information content (AvgIpc) is 3.22. The van der Waals surface area contributed by atoms with Gasteiger partial charge in [0.1, 0.15) is 17.3 Å². The lowest BCUT2D eigenvalue weighted by molar-refractivity contribution is -0.123. The molecule has 1 aromatic heterocycles. The lowest BCUT2D eigenvalue weighted by Crippen LogP contribution is -2.32. The summed E-state index contributed by atoms with van der Waals surface area (Å²) in [5, 5.41) is 3.05. The number of imidazole rings is 1. The normalized spacial score (nSPS) is 11.9. The molecule has 182 valence electrons. The number of carbonyl (C=O) groups is 1. The Morgan fingerprint density at radius 3 is 2.51 bits per heavy atom. The van der Waals surface area contributed by atoms with E-state index in [9.17, 15) is 4.79 Å². The van der Waals surface area contributed by atoms with Gasteiger partial charge in [0.15, 0.2) is 6.61 Å². The molecular formula is C29H33N3O3. The van der Waals surface area contributed by atoms with E-state index in [-0.39, 0.29) is 18.6 Å². The van der Waals surface area contributed by atoms with E-state index < -0.39 is 0 Å². The van der Waals surface area contributed by atoms with Crippen LogP contribution in [0.15, 0.2) is 66.7 Å². The molecule has 3 aromatic carbocycles. The number of fused-ring (bicyclic) bond motifs is 1. The van der Waals surface area contributed by atoms with Gasteiger partial charge < -0.3 is 19.4 Å². The Balaban J connectivity index is 1.41. The molecule has 1 heterocycles. The first-order valence-corrected chi connectivity index (χ1v) is 12.1. The number of para-hydroxylation sites is 3. The molecule has 6 nitrogen and oxygen atoms in total. The molecular weight excluding hydrogens is 438 g/mol. The summed E-state index contributed by atoms with van der Waals surface area (Å²) in [6.45, 7) is 9.27. The highest BCUT2D eigenvalue weighted by molar-refractivity contribution is 5.79. The molecule has 4 aromatic rings. The summed E-state index contributed by atoms with van der Waals surface area (Å²) < 4.78 is 13.9. The monoisotopic (exact) mass is 471 g/mol. The highest BCUT2D eigenvalue weighted by atomic mass is 16.5. The maximum atomic E-state index is 12.7. The molecule has 0 aliphatic heterocycles. The molecule has 4 rings (SSSR count). The Bertz CT molecular complexity index is 1310. The molecule has 1 unspecified atom stereocenters. The molecule has 1 amide bonds. The number of hydrogen-bond donors (Lipinski definition) is 1. The quantitative estimate of drug-likeness (QED) is 0.302. The minimum absolute atomic E-state index is 0.0425. The minimum atomic E-state index is -0.269. The van der Waals surface area contributed by atoms with E-state index in [0.717, 1.165) is 58.0 Å². The number of carbonyl (C=O) groups excluding carboxylic acids is 1. The zero-order valence-electron chi connectivity index (χ0n) is 20.9. The molecule has 1 atom stereocenters. The van der Waals surface area contributed by atoms with Crippen LogP contribution in [0.25, 0.3) is 11.0 Å². The van der Waals surface area contributed by atoms with Crippen molar-refractivity contribution in [1.29, 1.82) is 0 Å². The van der Waals surface area contributed by atoms with Crippen molar-refractivity contribution in [1.82, 2.24) is 14.9 Å². The van der Waals surface area contributed by atoms with Crippen LogP contribution in [0, 0.1) is 20.8 Å². The van der Waals surface area contributed by atoms with E-state index in [1.165, 1.54) is 0 Å². The number of ether oxygens (including phenoxy) is 2. The Hall–Kier alpha value is -3.80. The number of nitrogens with one attached hydrogen (secondary N) is 1. The first-order valence-electron chi connectivity index (χ1n) is 12.1. The van der Waals surface area contributed by atoms with Gasteiger partial charge in [-0.15, -0.1) is 0 Å². The van der Waals surface area contributed by atoms with E-state index in [4.69, 9.17) is 14.5 Å². The smallest absolute Gasteiger partial charge is 0.258 e. The molecule has 0 bridgehead atoms. The van der Waals surface area contributed by atoms with Gasteiger partial charge in [-0.25, -0.2) is 4.98 Å². The number of hydrogen-bond acceptors (Lipinski definition) is 4. The molecule has 1 N–H and O–H groups in total. The van der Waals surface area contributed by atoms with Crippen LogP contribution in [-0.2, 0) is 11.3 Å². The number of aryl methyl sites for hydroxylation is 4. The molecule has 0 radical (unpaired) electrons. The third-order valence-electron chi connectivity index (χ3n) is 6.03. The van der Waals surface area contributed by atoms with Crippen LogP contribution in [0.5, 0.6) is 11.5 Å². The standard InChI is InChI=1S/C29H33N3O3/c1-20-14-15-22(3)27(18-20)35-19-28(33)30-23(4)29-31-24-11-6-7-12-25(24)32(29)16-9-17-34-26-13-8-5-10-21(26)2/h5-8,10-15,18,23H,9,16-17,19H2,1-4H3,(H,30,33). The van der Waals surface area contributed by atoms with Crippen LogP contribution < -0.4 is 14.8 Å². The molecule has 0 saturated carbocycles. The number of amides is 1. The van der Waals surface area contributed by atoms with E-state index in [1.807, 2.05) is 88.4 Å². The summed E-state index contributed by atoms with van der Waals surface area (Å²) >= 11 is 0. The second-order valence-electron chi connectivity index (χ2n) is 8.92. The minimum Gasteiger partial charge on any atom is -0.493 e. The topological polar surface area (TPSA) is 65.4 Å². The van der Waals surface area contributed by atoms with E-state index >= 15 is 0 Å². The second kappa shape index (κ2) is 11.1. The summed E-state index contributed by atoms with van der Waals surface area (Å²) in [4.78, 5) is 17.5. The van der Waals surface area contributed by atoms with Gasteiger partial charge >= 0.3 is 0 Å². The Labute approximate surface area is 206 Å². The van der Waals surface area contributed by atoms with Crippen LogP contribution in [0.3, 0.4) is 0 Å². The molecule has 0 spiro atoms. The third-order valence-corrected chi connectivity index (χ3v) is 6.03. The van der Waals surface area contributed by atoms with Crippen molar-refractivity contribution in [3.63, 3.8) is 0 Å². The predicted octanol–water partition coefficient (Wildman–Crippen LogP) is 5.69. The molecule has 6 heteroatoms. The maximum absolute atomic E-state index is 12.7. The van der Waals surface area contributed by atoms with Crippen molar-refractivity contribution >= 4 is 16.9 Å². The van der Waals surface area contributed by atoms with Crippen molar-refractivity contribution in [2.45, 2.75) is 46.7 Å². The fourth-order valence-corrected chi connectivity index (χ4v) is 4.14. The van der Waals surface area contributed by atoms with Crippen molar-refractivity contribution < 1.29 is 14.3 Å². The van der Waals surface area contributed by atoms with Crippen molar-refractivity contribution in [2.75, 3.05) is 13.2 Å². The van der Waals surface area contributed by atoms with E-state index in [1.54, 1.807) is 0 Å². The summed E-state index contributed by atoms with van der Waals surface area (Å²) in [6, 6.07) is 21.8. The van der Waals surface area contributed by atoms with Crippen LogP contribution >= 0.6 is 0 Å². The first kappa shape index (κ1) is 24.3. The van der Waals surface area contributed by atoms with Gasteiger partial charge in [0.25, 0.3) is 5.91 Å². The van der Waals surface area contributed by atoms with Gasteiger partial charge in [0, 0.05) is 6.54 Å². The maximum Gasteiger partial charge on any atom is 0.258 e. The fraction of sp³-hybridized carbons (Fsp3) is 0.310. The van der Waals surface area contributed by atoms with Crippen LogP contribution in [0.4, 0.5) is 0 Å². The van der Waals surface area contributed by atoms with E-state index in [2.05, 4.69) is 16.0 Å². The molecule has 0 fully saturated rings. The molecule has 0 saturated heterocycles. The fourth-order valence-electron chi connectivity index (χ4n) is 4.14. The van der Waals surface area contributed by atoms with Gasteiger partial charge in [-0.2, -0.15) is 0 Å². The summed E-state index contributed by atoms with van der Waals surface area (Å²) in [7, 11) is 0. The lowest BCUT2D eigenvalue weighted by atomic mass is 10.1. The zero-order valence-corrected chi connectivity index (χ0v) is 20.9. The number of benzene rings is 3. The summed E-state index contributed by atoms with van der Waals surface area (Å²) in [5.41, 5.74) is 5.19. The Morgan fingerprint density at radius 1 is 0.943 bits per heavy atom. The van der Waals surface area contributed by atoms with Crippen molar-refractivity contribution in [2.24, 2.45) is 0 Å². The first-order chi connectivity index (χ1) is 16.9. The highest BCUT2D eigenvalue weighted by Crippen LogP contribution is 2.23. The molecule has 0 aliphatic carbocycles. The van der Waals surface area contributed by atoms with Crippen LogP contribution in [-0.4, -0.2) is 28.7 Å². The predicted molar refractivity (Wildman–Crippen MR) is 139 cm³/mol. The van der Waals surface area contributed by atoms with Gasteiger partial charge in [0.2, 0.25) is 0 Å². The Morgan fingerprint density at radius 2 is 1.69 bits per heavy atom. The van der Waals surface area contributed by atoms with Crippen LogP contribution in [0.2, 0.25) is 0 Å².